The van der Waals surface area contributed by atoms with E-state index in [1.165, 1.54) is 0 Å². The lowest BCUT2D eigenvalue weighted by atomic mass is 9.97. The SMILES string of the molecule is C[C@@H](CN1Cc2cc(CCC(=O)c3cnn4cccnc34)c(N3CCOCC3)cc2C1=O)N1CCOCC1. The van der Waals surface area contributed by atoms with Gasteiger partial charge < -0.3 is 19.3 Å². The van der Waals surface area contributed by atoms with Gasteiger partial charge in [-0.1, -0.05) is 6.07 Å². The Morgan fingerprint density at radius 3 is 2.63 bits per heavy atom. The molecule has 1 atom stereocenters. The summed E-state index contributed by atoms with van der Waals surface area (Å²) in [6.07, 6.45) is 6.00. The maximum Gasteiger partial charge on any atom is 0.254 e. The van der Waals surface area contributed by atoms with Crippen molar-refractivity contribution < 1.29 is 19.1 Å². The number of carbonyl (C=O) groups is 2. The Morgan fingerprint density at radius 2 is 1.84 bits per heavy atom. The fourth-order valence-corrected chi connectivity index (χ4v) is 5.77. The standard InChI is InChI=1S/C28H34N6O4/c1-20(31-7-11-37-12-8-31)18-33-19-22-15-21(25(16-23(22)28(33)36)32-9-13-38-14-10-32)3-4-26(35)24-17-30-34-6-2-5-29-27(24)34/h2,5-6,15-17,20H,3-4,7-14,18-19H2,1H3/t20-/m0/s1. The summed E-state index contributed by atoms with van der Waals surface area (Å²) in [6, 6.07) is 6.27. The molecule has 6 rings (SSSR count). The highest BCUT2D eigenvalue weighted by molar-refractivity contribution is 6.02. The maximum atomic E-state index is 13.5. The summed E-state index contributed by atoms with van der Waals surface area (Å²) in [5, 5.41) is 4.26. The molecule has 38 heavy (non-hydrogen) atoms. The van der Waals surface area contributed by atoms with Crippen LogP contribution in [0.15, 0.2) is 36.8 Å². The van der Waals surface area contributed by atoms with Gasteiger partial charge >= 0.3 is 0 Å². The summed E-state index contributed by atoms with van der Waals surface area (Å²) in [4.78, 5) is 37.6. The smallest absolute Gasteiger partial charge is 0.254 e. The van der Waals surface area contributed by atoms with E-state index < -0.39 is 0 Å². The van der Waals surface area contributed by atoms with E-state index in [1.807, 2.05) is 4.90 Å². The molecule has 3 aliphatic heterocycles. The van der Waals surface area contributed by atoms with Crippen LogP contribution in [0, 0.1) is 0 Å². The average molecular weight is 519 g/mol. The Balaban J connectivity index is 1.22. The zero-order valence-corrected chi connectivity index (χ0v) is 21.8. The summed E-state index contributed by atoms with van der Waals surface area (Å²) in [7, 11) is 0. The second-order valence-corrected chi connectivity index (χ2v) is 10.3. The topological polar surface area (TPSA) is 92.5 Å². The summed E-state index contributed by atoms with van der Waals surface area (Å²) >= 11 is 0. The van der Waals surface area contributed by atoms with Crippen molar-refractivity contribution in [1.29, 1.82) is 0 Å². The number of hydrogen-bond acceptors (Lipinski definition) is 8. The van der Waals surface area contributed by atoms with Crippen LogP contribution in [-0.2, 0) is 22.4 Å². The highest BCUT2D eigenvalue weighted by Crippen LogP contribution is 2.33. The van der Waals surface area contributed by atoms with E-state index >= 15 is 0 Å². The Hall–Kier alpha value is -3.34. The molecule has 200 valence electrons. The van der Waals surface area contributed by atoms with Crippen molar-refractivity contribution in [3.05, 3.63) is 59.0 Å². The van der Waals surface area contributed by atoms with Crippen molar-refractivity contribution in [2.45, 2.75) is 32.4 Å². The molecule has 5 heterocycles. The zero-order valence-electron chi connectivity index (χ0n) is 21.8. The Labute approximate surface area is 222 Å². The molecular weight excluding hydrogens is 484 g/mol. The van der Waals surface area contributed by atoms with Crippen molar-refractivity contribution in [2.75, 3.05) is 64.1 Å². The zero-order chi connectivity index (χ0) is 26.1. The van der Waals surface area contributed by atoms with Gasteiger partial charge in [0.15, 0.2) is 11.4 Å². The second kappa shape index (κ2) is 10.8. The number of hydrogen-bond donors (Lipinski definition) is 0. The number of aromatic nitrogens is 3. The third kappa shape index (κ3) is 4.91. The molecule has 10 nitrogen and oxygen atoms in total. The van der Waals surface area contributed by atoms with E-state index in [2.05, 4.69) is 38.9 Å². The number of aryl methyl sites for hydroxylation is 1. The summed E-state index contributed by atoms with van der Waals surface area (Å²) in [5.41, 5.74) is 5.08. The number of fused-ring (bicyclic) bond motifs is 2. The minimum absolute atomic E-state index is 0.0177. The highest BCUT2D eigenvalue weighted by atomic mass is 16.5. The summed E-state index contributed by atoms with van der Waals surface area (Å²) in [5.74, 6) is 0.110. The summed E-state index contributed by atoms with van der Waals surface area (Å²) < 4.78 is 12.7. The van der Waals surface area contributed by atoms with Crippen LogP contribution in [-0.4, -0.2) is 101 Å². The molecule has 10 heteroatoms. The van der Waals surface area contributed by atoms with Gasteiger partial charge in [0, 0.05) is 75.4 Å². The fraction of sp³-hybridized carbons (Fsp3) is 0.500. The Kier molecular flexibility index (Phi) is 7.10. The normalized spacial score (nSPS) is 19.2. The van der Waals surface area contributed by atoms with Crippen LogP contribution in [0.5, 0.6) is 0 Å². The first kappa shape index (κ1) is 25.0. The highest BCUT2D eigenvalue weighted by Gasteiger charge is 2.32. The van der Waals surface area contributed by atoms with Gasteiger partial charge in [-0.25, -0.2) is 9.50 Å². The van der Waals surface area contributed by atoms with Crippen LogP contribution in [0.25, 0.3) is 5.65 Å². The molecular formula is C28H34N6O4. The number of morpholine rings is 2. The first-order valence-electron chi connectivity index (χ1n) is 13.5. The number of rotatable bonds is 8. The molecule has 0 saturated carbocycles. The average Bonchev–Trinajstić information content (AvgIpc) is 3.53. The predicted octanol–water partition coefficient (Wildman–Crippen LogP) is 2.06. The van der Waals surface area contributed by atoms with E-state index in [9.17, 15) is 9.59 Å². The molecule has 0 aliphatic carbocycles. The van der Waals surface area contributed by atoms with Crippen molar-refractivity contribution in [3.63, 3.8) is 0 Å². The monoisotopic (exact) mass is 518 g/mol. The molecule has 3 aliphatic rings. The van der Waals surface area contributed by atoms with Gasteiger partial charge in [0.2, 0.25) is 0 Å². The lowest BCUT2D eigenvalue weighted by molar-refractivity contribution is 0.0128. The van der Waals surface area contributed by atoms with Crippen LogP contribution in [0.4, 0.5) is 5.69 Å². The largest absolute Gasteiger partial charge is 0.379 e. The molecule has 2 aromatic heterocycles. The van der Waals surface area contributed by atoms with Gasteiger partial charge in [-0.2, -0.15) is 5.10 Å². The minimum Gasteiger partial charge on any atom is -0.379 e. The summed E-state index contributed by atoms with van der Waals surface area (Å²) in [6.45, 7) is 9.61. The Morgan fingerprint density at radius 1 is 1.08 bits per heavy atom. The third-order valence-corrected chi connectivity index (χ3v) is 7.89. The van der Waals surface area contributed by atoms with Crippen molar-refractivity contribution in [1.82, 2.24) is 24.4 Å². The van der Waals surface area contributed by atoms with Crippen LogP contribution in [0.3, 0.4) is 0 Å². The fourth-order valence-electron chi connectivity index (χ4n) is 5.77. The molecule has 0 spiro atoms. The number of nitrogens with zero attached hydrogens (tertiary/aromatic N) is 6. The lowest BCUT2D eigenvalue weighted by Gasteiger charge is -2.34. The molecule has 2 fully saturated rings. The third-order valence-electron chi connectivity index (χ3n) is 7.89. The molecule has 1 aromatic carbocycles. The maximum absolute atomic E-state index is 13.5. The van der Waals surface area contributed by atoms with E-state index in [4.69, 9.17) is 9.47 Å². The molecule has 0 radical (unpaired) electrons. The molecule has 0 unspecified atom stereocenters. The number of ether oxygens (including phenoxy) is 2. The molecule has 1 amide bonds. The van der Waals surface area contributed by atoms with Crippen LogP contribution in [0.1, 0.15) is 45.2 Å². The van der Waals surface area contributed by atoms with Gasteiger partial charge in [-0.3, -0.25) is 14.5 Å². The first-order valence-corrected chi connectivity index (χ1v) is 13.5. The van der Waals surface area contributed by atoms with E-state index in [-0.39, 0.29) is 17.7 Å². The number of Topliss-reactive ketones (excluding diaryl/α,β-unsaturated/α-hetero) is 1. The van der Waals surface area contributed by atoms with Gasteiger partial charge in [-0.15, -0.1) is 0 Å². The van der Waals surface area contributed by atoms with Crippen LogP contribution < -0.4 is 4.90 Å². The van der Waals surface area contributed by atoms with Crippen molar-refractivity contribution >= 4 is 23.0 Å². The minimum atomic E-state index is 0.0177. The molecule has 2 saturated heterocycles. The van der Waals surface area contributed by atoms with E-state index in [0.717, 1.165) is 61.8 Å². The van der Waals surface area contributed by atoms with E-state index in [1.54, 1.807) is 29.2 Å². The van der Waals surface area contributed by atoms with Gasteiger partial charge in [-0.05, 0) is 36.6 Å². The van der Waals surface area contributed by atoms with E-state index in [0.29, 0.717) is 50.4 Å². The predicted molar refractivity (Wildman–Crippen MR) is 142 cm³/mol. The number of ketones is 1. The first-order chi connectivity index (χ1) is 18.6. The number of anilines is 1. The quantitative estimate of drug-likeness (QED) is 0.419. The molecule has 0 bridgehead atoms. The number of benzene rings is 1. The molecule has 0 N–H and O–H groups in total. The van der Waals surface area contributed by atoms with Crippen molar-refractivity contribution in [2.24, 2.45) is 0 Å². The lowest BCUT2D eigenvalue weighted by Crippen LogP contribution is -2.47. The van der Waals surface area contributed by atoms with Crippen LogP contribution in [0.2, 0.25) is 0 Å². The van der Waals surface area contributed by atoms with Gasteiger partial charge in [0.25, 0.3) is 5.91 Å². The Bertz CT molecular complexity index is 1330. The second-order valence-electron chi connectivity index (χ2n) is 10.3. The van der Waals surface area contributed by atoms with Crippen molar-refractivity contribution in [3.8, 4) is 0 Å². The van der Waals surface area contributed by atoms with Gasteiger partial charge in [0.05, 0.1) is 38.2 Å². The van der Waals surface area contributed by atoms with Crippen LogP contribution >= 0.6 is 0 Å². The number of carbonyl (C=O) groups excluding carboxylic acids is 2. The molecule has 3 aromatic rings. The number of amides is 1. The van der Waals surface area contributed by atoms with Gasteiger partial charge in [0.1, 0.15) is 0 Å².